The molecule has 0 saturated heterocycles. The van der Waals surface area contributed by atoms with E-state index < -0.39 is 18.0 Å². The average molecular weight is 291 g/mol. The molecule has 0 amide bonds. The van der Waals surface area contributed by atoms with Crippen molar-refractivity contribution in [3.8, 4) is 0 Å². The smallest absolute Gasteiger partial charge is 0.313 e. The van der Waals surface area contributed by atoms with Gasteiger partial charge in [0, 0.05) is 17.9 Å². The third-order valence-electron chi connectivity index (χ3n) is 3.63. The molecule has 1 aromatic carbocycles. The Labute approximate surface area is 117 Å². The highest BCUT2D eigenvalue weighted by molar-refractivity contribution is 5.26. The van der Waals surface area contributed by atoms with Crippen LogP contribution in [-0.2, 0) is 5.41 Å². The highest BCUT2D eigenvalue weighted by Gasteiger charge is 2.35. The highest BCUT2D eigenvalue weighted by atomic mass is 19.4. The molecule has 0 radical (unpaired) electrons. The van der Waals surface area contributed by atoms with Crippen molar-refractivity contribution in [2.24, 2.45) is 0 Å². The van der Waals surface area contributed by atoms with E-state index in [2.05, 4.69) is 5.32 Å². The molecule has 1 aromatic rings. The first kappa shape index (κ1) is 17.0. The molecule has 1 atom stereocenters. The fraction of sp³-hybridized carbons (Fsp3) is 0.600. The van der Waals surface area contributed by atoms with Crippen LogP contribution in [0.5, 0.6) is 0 Å². The summed E-state index contributed by atoms with van der Waals surface area (Å²) in [5.74, 6) is -0.347. The van der Waals surface area contributed by atoms with Crippen LogP contribution in [0.25, 0.3) is 0 Å². The van der Waals surface area contributed by atoms with Gasteiger partial charge in [-0.1, -0.05) is 32.9 Å². The summed E-state index contributed by atoms with van der Waals surface area (Å²) in [7, 11) is 0. The largest absolute Gasteiger partial charge is 0.389 e. The van der Waals surface area contributed by atoms with Crippen molar-refractivity contribution < 1.29 is 17.6 Å². The van der Waals surface area contributed by atoms with Crippen molar-refractivity contribution in [3.05, 3.63) is 35.6 Å². The van der Waals surface area contributed by atoms with Gasteiger partial charge in [-0.2, -0.15) is 13.2 Å². The van der Waals surface area contributed by atoms with E-state index in [1.54, 1.807) is 12.1 Å². The third kappa shape index (κ3) is 4.78. The Morgan fingerprint density at radius 3 is 2.10 bits per heavy atom. The summed E-state index contributed by atoms with van der Waals surface area (Å²) in [6, 6.07) is 5.62. The van der Waals surface area contributed by atoms with E-state index in [1.165, 1.54) is 12.1 Å². The van der Waals surface area contributed by atoms with Gasteiger partial charge in [-0.05, 0) is 30.7 Å². The second kappa shape index (κ2) is 6.57. The predicted molar refractivity (Wildman–Crippen MR) is 72.2 cm³/mol. The lowest BCUT2D eigenvalue weighted by atomic mass is 9.76. The minimum atomic E-state index is -4.16. The molecule has 0 aliphatic heterocycles. The van der Waals surface area contributed by atoms with Crippen molar-refractivity contribution in [2.75, 3.05) is 6.54 Å². The van der Waals surface area contributed by atoms with E-state index in [-0.39, 0.29) is 18.3 Å². The van der Waals surface area contributed by atoms with Gasteiger partial charge in [0.15, 0.2) is 0 Å². The average Bonchev–Trinajstić information content (AvgIpc) is 2.33. The van der Waals surface area contributed by atoms with Crippen molar-refractivity contribution in [1.82, 2.24) is 5.32 Å². The van der Waals surface area contributed by atoms with Crippen molar-refractivity contribution in [1.29, 1.82) is 0 Å². The number of nitrogens with one attached hydrogen (secondary N) is 1. The summed E-state index contributed by atoms with van der Waals surface area (Å²) in [5.41, 5.74) is 0.321. The molecule has 0 saturated carbocycles. The quantitative estimate of drug-likeness (QED) is 0.765. The van der Waals surface area contributed by atoms with Gasteiger partial charge in [-0.3, -0.25) is 0 Å². The molecule has 0 bridgehead atoms. The van der Waals surface area contributed by atoms with Crippen LogP contribution in [0.15, 0.2) is 24.3 Å². The zero-order valence-electron chi connectivity index (χ0n) is 12.0. The monoisotopic (exact) mass is 291 g/mol. The zero-order chi connectivity index (χ0) is 15.4. The Morgan fingerprint density at radius 1 is 1.10 bits per heavy atom. The molecule has 1 rings (SSSR count). The van der Waals surface area contributed by atoms with E-state index in [4.69, 9.17) is 0 Å². The normalized spacial score (nSPS) is 14.3. The van der Waals surface area contributed by atoms with Gasteiger partial charge in [-0.15, -0.1) is 0 Å². The SMILES string of the molecule is CCNC(CCC(F)(F)F)C(C)(C)c1ccc(F)cc1. The summed E-state index contributed by atoms with van der Waals surface area (Å²) in [5, 5.41) is 3.11. The molecule has 0 aliphatic carbocycles. The van der Waals surface area contributed by atoms with Gasteiger partial charge in [-0.25, -0.2) is 4.39 Å². The number of likely N-dealkylation sites (N-methyl/N-ethyl adjacent to an activating group) is 1. The molecule has 1 nitrogen and oxygen atoms in total. The fourth-order valence-electron chi connectivity index (χ4n) is 2.35. The first-order valence-electron chi connectivity index (χ1n) is 6.73. The van der Waals surface area contributed by atoms with Crippen molar-refractivity contribution in [3.63, 3.8) is 0 Å². The summed E-state index contributed by atoms with van der Waals surface area (Å²) in [4.78, 5) is 0. The molecule has 0 spiro atoms. The van der Waals surface area contributed by atoms with Gasteiger partial charge >= 0.3 is 6.18 Å². The second-order valence-electron chi connectivity index (χ2n) is 5.49. The van der Waals surface area contributed by atoms with E-state index in [9.17, 15) is 17.6 Å². The number of hydrogen-bond acceptors (Lipinski definition) is 1. The summed E-state index contributed by atoms with van der Waals surface area (Å²) in [6.45, 7) is 6.21. The van der Waals surface area contributed by atoms with Crippen LogP contribution in [0.4, 0.5) is 17.6 Å². The maximum atomic E-state index is 13.0. The van der Waals surface area contributed by atoms with Gasteiger partial charge in [0.1, 0.15) is 5.82 Å². The van der Waals surface area contributed by atoms with Crippen LogP contribution in [-0.4, -0.2) is 18.8 Å². The number of hydrogen-bond donors (Lipinski definition) is 1. The number of benzene rings is 1. The van der Waals surface area contributed by atoms with Crippen LogP contribution >= 0.6 is 0 Å². The molecule has 0 heterocycles. The van der Waals surface area contributed by atoms with Crippen molar-refractivity contribution in [2.45, 2.75) is 51.2 Å². The van der Waals surface area contributed by atoms with Gasteiger partial charge in [0.05, 0.1) is 0 Å². The molecule has 0 fully saturated rings. The van der Waals surface area contributed by atoms with Gasteiger partial charge < -0.3 is 5.32 Å². The molecule has 1 N–H and O–H groups in total. The van der Waals surface area contributed by atoms with Crippen LogP contribution in [0, 0.1) is 5.82 Å². The molecule has 1 unspecified atom stereocenters. The molecular formula is C15H21F4N. The summed E-state index contributed by atoms with van der Waals surface area (Å²) in [6.07, 6.45) is -4.98. The van der Waals surface area contributed by atoms with E-state index in [0.717, 1.165) is 5.56 Å². The Kier molecular flexibility index (Phi) is 5.57. The molecule has 20 heavy (non-hydrogen) atoms. The lowest BCUT2D eigenvalue weighted by Crippen LogP contribution is -2.45. The Morgan fingerprint density at radius 2 is 1.65 bits per heavy atom. The van der Waals surface area contributed by atoms with Gasteiger partial charge in [0.2, 0.25) is 0 Å². The zero-order valence-corrected chi connectivity index (χ0v) is 12.0. The summed E-state index contributed by atoms with van der Waals surface area (Å²) >= 11 is 0. The Hall–Kier alpha value is -1.10. The minimum Gasteiger partial charge on any atom is -0.313 e. The molecule has 0 aromatic heterocycles. The lowest BCUT2D eigenvalue weighted by molar-refractivity contribution is -0.137. The van der Waals surface area contributed by atoms with E-state index in [1.807, 2.05) is 20.8 Å². The minimum absolute atomic E-state index is 0.00170. The third-order valence-corrected chi connectivity index (χ3v) is 3.63. The fourth-order valence-corrected chi connectivity index (χ4v) is 2.35. The van der Waals surface area contributed by atoms with E-state index >= 15 is 0 Å². The van der Waals surface area contributed by atoms with E-state index in [0.29, 0.717) is 6.54 Å². The topological polar surface area (TPSA) is 12.0 Å². The first-order chi connectivity index (χ1) is 9.16. The van der Waals surface area contributed by atoms with Crippen LogP contribution in [0.3, 0.4) is 0 Å². The maximum Gasteiger partial charge on any atom is 0.389 e. The number of halogens is 4. The molecule has 114 valence electrons. The Bertz CT molecular complexity index is 409. The second-order valence-corrected chi connectivity index (χ2v) is 5.49. The number of alkyl halides is 3. The van der Waals surface area contributed by atoms with Crippen molar-refractivity contribution >= 4 is 0 Å². The predicted octanol–water partition coefficient (Wildman–Crippen LogP) is 4.42. The van der Waals surface area contributed by atoms with Crippen LogP contribution < -0.4 is 5.32 Å². The maximum absolute atomic E-state index is 13.0. The molecular weight excluding hydrogens is 270 g/mol. The van der Waals surface area contributed by atoms with Gasteiger partial charge in [0.25, 0.3) is 0 Å². The first-order valence-corrected chi connectivity index (χ1v) is 6.73. The standard InChI is InChI=1S/C15H21F4N/c1-4-20-13(9-10-15(17,18)19)14(2,3)11-5-7-12(16)8-6-11/h5-8,13,20H,4,9-10H2,1-3H3. The molecule has 0 aliphatic rings. The number of rotatable bonds is 6. The summed E-state index contributed by atoms with van der Waals surface area (Å²) < 4.78 is 50.2. The molecule has 5 heteroatoms. The van der Waals surface area contributed by atoms with Crippen LogP contribution in [0.1, 0.15) is 39.2 Å². The van der Waals surface area contributed by atoms with Crippen LogP contribution in [0.2, 0.25) is 0 Å². The lowest BCUT2D eigenvalue weighted by Gasteiger charge is -2.36. The highest BCUT2D eigenvalue weighted by Crippen LogP contribution is 2.32. The Balaban J connectivity index is 2.90.